The molecule has 2 aliphatic rings. The molecular formula is C31H43N3O5S. The predicted octanol–water partition coefficient (Wildman–Crippen LogP) is 4.12. The summed E-state index contributed by atoms with van der Waals surface area (Å²) in [6, 6.07) is 15.6. The molecule has 4 rings (SSSR count). The van der Waals surface area contributed by atoms with E-state index < -0.39 is 15.4 Å². The van der Waals surface area contributed by atoms with Crippen LogP contribution in [0.1, 0.15) is 63.0 Å². The summed E-state index contributed by atoms with van der Waals surface area (Å²) in [7, 11) is -1.49. The molecule has 218 valence electrons. The second-order valence-electron chi connectivity index (χ2n) is 11.5. The SMILES string of the molecule is COc1cccc(CC(=O)N2CCCCCCCCN(CC(=O)NC3(C)CCS(=O)(=O)C3)Cc3ccccc32)c1. The van der Waals surface area contributed by atoms with Gasteiger partial charge in [0.25, 0.3) is 0 Å². The number of rotatable bonds is 6. The number of anilines is 1. The number of benzene rings is 2. The van der Waals surface area contributed by atoms with E-state index in [9.17, 15) is 18.0 Å². The summed E-state index contributed by atoms with van der Waals surface area (Å²) < 4.78 is 29.4. The molecule has 2 aliphatic heterocycles. The van der Waals surface area contributed by atoms with Gasteiger partial charge in [-0.05, 0) is 62.1 Å². The Balaban J connectivity index is 1.54. The third-order valence-corrected chi connectivity index (χ3v) is 9.79. The summed E-state index contributed by atoms with van der Waals surface area (Å²) in [5, 5.41) is 3.01. The molecule has 2 heterocycles. The average Bonchev–Trinajstić information content (AvgIpc) is 3.20. The monoisotopic (exact) mass is 569 g/mol. The molecule has 8 nitrogen and oxygen atoms in total. The van der Waals surface area contributed by atoms with Crippen LogP contribution < -0.4 is 15.0 Å². The van der Waals surface area contributed by atoms with Gasteiger partial charge < -0.3 is 15.0 Å². The molecule has 0 aliphatic carbocycles. The van der Waals surface area contributed by atoms with Crippen LogP contribution in [0.15, 0.2) is 48.5 Å². The predicted molar refractivity (Wildman–Crippen MR) is 158 cm³/mol. The molecule has 9 heteroatoms. The number of fused-ring (bicyclic) bond motifs is 1. The maximum Gasteiger partial charge on any atom is 0.234 e. The first-order valence-electron chi connectivity index (χ1n) is 14.4. The third-order valence-electron chi connectivity index (χ3n) is 7.88. The zero-order chi connectivity index (χ0) is 28.6. The minimum Gasteiger partial charge on any atom is -0.497 e. The quantitative estimate of drug-likeness (QED) is 0.562. The van der Waals surface area contributed by atoms with Crippen molar-refractivity contribution >= 4 is 27.3 Å². The summed E-state index contributed by atoms with van der Waals surface area (Å²) in [6.45, 7) is 3.93. The van der Waals surface area contributed by atoms with Gasteiger partial charge >= 0.3 is 0 Å². The van der Waals surface area contributed by atoms with Crippen molar-refractivity contribution in [2.45, 2.75) is 70.4 Å². The van der Waals surface area contributed by atoms with E-state index in [4.69, 9.17) is 4.74 Å². The molecule has 0 radical (unpaired) electrons. The molecule has 2 aromatic rings. The molecule has 0 bridgehead atoms. The Bertz CT molecular complexity index is 1280. The van der Waals surface area contributed by atoms with E-state index in [0.29, 0.717) is 19.5 Å². The van der Waals surface area contributed by atoms with Gasteiger partial charge in [-0.15, -0.1) is 0 Å². The van der Waals surface area contributed by atoms with Crippen LogP contribution in [0.2, 0.25) is 0 Å². The highest BCUT2D eigenvalue weighted by Crippen LogP contribution is 2.26. The molecule has 1 saturated heterocycles. The summed E-state index contributed by atoms with van der Waals surface area (Å²) in [5.41, 5.74) is 2.07. The van der Waals surface area contributed by atoms with Crippen LogP contribution in [-0.4, -0.2) is 68.9 Å². The first kappa shape index (κ1) is 30.1. The number of nitrogens with zero attached hydrogens (tertiary/aromatic N) is 2. The Hall–Kier alpha value is -2.91. The van der Waals surface area contributed by atoms with Crippen molar-refractivity contribution in [3.63, 3.8) is 0 Å². The number of carbonyl (C=O) groups is 2. The lowest BCUT2D eigenvalue weighted by atomic mass is 10.0. The van der Waals surface area contributed by atoms with Crippen molar-refractivity contribution in [1.29, 1.82) is 0 Å². The van der Waals surface area contributed by atoms with Crippen LogP contribution in [0.25, 0.3) is 0 Å². The van der Waals surface area contributed by atoms with E-state index in [1.807, 2.05) is 60.4 Å². The van der Waals surface area contributed by atoms with Crippen LogP contribution in [0.4, 0.5) is 5.69 Å². The summed E-state index contributed by atoms with van der Waals surface area (Å²) >= 11 is 0. The zero-order valence-electron chi connectivity index (χ0n) is 23.9. The van der Waals surface area contributed by atoms with E-state index >= 15 is 0 Å². The van der Waals surface area contributed by atoms with Crippen molar-refractivity contribution in [2.75, 3.05) is 43.1 Å². The highest BCUT2D eigenvalue weighted by Gasteiger charge is 2.39. The van der Waals surface area contributed by atoms with Crippen molar-refractivity contribution < 1.29 is 22.7 Å². The van der Waals surface area contributed by atoms with E-state index in [1.165, 1.54) is 0 Å². The standard InChI is InChI=1S/C31H43N3O5S/c1-31(16-19-40(37,38)24-31)32-29(35)23-33-17-9-5-3-4-6-10-18-34(28-15-8-7-13-26(28)22-33)30(36)21-25-12-11-14-27(20-25)39-2/h7-8,11-15,20H,3-6,9-10,16-19,21-24H2,1-2H3,(H,32,35). The molecule has 40 heavy (non-hydrogen) atoms. The van der Waals surface area contributed by atoms with Crippen LogP contribution in [0, 0.1) is 0 Å². The number of ether oxygens (including phenoxy) is 1. The Labute approximate surface area is 239 Å². The smallest absolute Gasteiger partial charge is 0.234 e. The van der Waals surface area contributed by atoms with Crippen molar-refractivity contribution in [3.05, 3.63) is 59.7 Å². The van der Waals surface area contributed by atoms with E-state index in [-0.39, 0.29) is 36.3 Å². The first-order valence-corrected chi connectivity index (χ1v) is 16.2. The van der Waals surface area contributed by atoms with E-state index in [2.05, 4.69) is 10.2 Å². The Kier molecular flexibility index (Phi) is 10.2. The van der Waals surface area contributed by atoms with Crippen LogP contribution in [0.3, 0.4) is 0 Å². The van der Waals surface area contributed by atoms with Gasteiger partial charge in [0.1, 0.15) is 5.75 Å². The molecule has 1 N–H and O–H groups in total. The highest BCUT2D eigenvalue weighted by molar-refractivity contribution is 7.91. The number of methoxy groups -OCH3 is 1. The normalized spacial score (nSPS) is 22.3. The first-order chi connectivity index (χ1) is 19.2. The topological polar surface area (TPSA) is 96.0 Å². The second kappa shape index (κ2) is 13.6. The minimum atomic E-state index is -3.12. The number of nitrogens with one attached hydrogen (secondary N) is 1. The number of sulfone groups is 1. The summed E-state index contributed by atoms with van der Waals surface area (Å²) in [4.78, 5) is 30.9. The Morgan fingerprint density at radius 3 is 2.42 bits per heavy atom. The Morgan fingerprint density at radius 1 is 0.975 bits per heavy atom. The van der Waals surface area contributed by atoms with Gasteiger partial charge in [-0.1, -0.05) is 56.0 Å². The zero-order valence-corrected chi connectivity index (χ0v) is 24.7. The molecule has 0 saturated carbocycles. The van der Waals surface area contributed by atoms with Gasteiger partial charge in [-0.3, -0.25) is 14.5 Å². The number of hydrogen-bond acceptors (Lipinski definition) is 6. The van der Waals surface area contributed by atoms with Gasteiger partial charge in [0.05, 0.1) is 37.1 Å². The minimum absolute atomic E-state index is 0.0149. The Morgan fingerprint density at radius 2 is 1.70 bits per heavy atom. The van der Waals surface area contributed by atoms with Crippen molar-refractivity contribution in [3.8, 4) is 5.75 Å². The van der Waals surface area contributed by atoms with Gasteiger partial charge in [0.2, 0.25) is 11.8 Å². The van der Waals surface area contributed by atoms with Gasteiger partial charge in [-0.2, -0.15) is 0 Å². The largest absolute Gasteiger partial charge is 0.497 e. The van der Waals surface area contributed by atoms with Crippen molar-refractivity contribution in [1.82, 2.24) is 10.2 Å². The number of hydrogen-bond donors (Lipinski definition) is 1. The fourth-order valence-electron chi connectivity index (χ4n) is 5.80. The van der Waals surface area contributed by atoms with E-state index in [1.54, 1.807) is 7.11 Å². The molecule has 2 aromatic carbocycles. The van der Waals surface area contributed by atoms with Crippen LogP contribution in [0.5, 0.6) is 5.75 Å². The molecule has 2 amide bonds. The van der Waals surface area contributed by atoms with Crippen molar-refractivity contribution in [2.24, 2.45) is 0 Å². The molecule has 1 atom stereocenters. The molecule has 1 unspecified atom stereocenters. The van der Waals surface area contributed by atoms with E-state index in [0.717, 1.165) is 67.6 Å². The third kappa shape index (κ3) is 8.54. The second-order valence-corrected chi connectivity index (χ2v) is 13.7. The van der Waals surface area contributed by atoms with Gasteiger partial charge in [0.15, 0.2) is 9.84 Å². The maximum atomic E-state index is 13.7. The van der Waals surface area contributed by atoms with Crippen LogP contribution >= 0.6 is 0 Å². The number of para-hydroxylation sites is 1. The lowest BCUT2D eigenvalue weighted by Gasteiger charge is -2.30. The number of carbonyl (C=O) groups excluding carboxylic acids is 2. The van der Waals surface area contributed by atoms with Gasteiger partial charge in [0, 0.05) is 18.8 Å². The molecular weight excluding hydrogens is 526 g/mol. The highest BCUT2D eigenvalue weighted by atomic mass is 32.2. The lowest BCUT2D eigenvalue weighted by Crippen LogP contribution is -2.50. The fraction of sp³-hybridized carbons (Fsp3) is 0.548. The fourth-order valence-corrected chi connectivity index (χ4v) is 7.89. The lowest BCUT2D eigenvalue weighted by molar-refractivity contribution is -0.124. The number of amides is 2. The average molecular weight is 570 g/mol. The summed E-state index contributed by atoms with van der Waals surface area (Å²) in [5.74, 6) is 0.704. The maximum absolute atomic E-state index is 13.7. The summed E-state index contributed by atoms with van der Waals surface area (Å²) in [6.07, 6.45) is 7.04. The van der Waals surface area contributed by atoms with Gasteiger partial charge in [-0.25, -0.2) is 8.42 Å². The van der Waals surface area contributed by atoms with Crippen LogP contribution in [-0.2, 0) is 32.4 Å². The molecule has 1 fully saturated rings. The molecule has 0 spiro atoms. The molecule has 0 aromatic heterocycles.